The molecule has 5 nitrogen and oxygen atoms in total. The molecular formula is C14H19N5. The average molecular weight is 257 g/mol. The Morgan fingerprint density at radius 2 is 2.21 bits per heavy atom. The molecule has 2 aromatic rings. The van der Waals surface area contributed by atoms with Crippen LogP contribution < -0.4 is 5.32 Å². The van der Waals surface area contributed by atoms with Crippen molar-refractivity contribution in [1.82, 2.24) is 19.7 Å². The lowest BCUT2D eigenvalue weighted by molar-refractivity contribution is 0.799. The largest absolute Gasteiger partial charge is 0.370 e. The molecule has 0 aromatic carbocycles. The van der Waals surface area contributed by atoms with E-state index in [1.165, 1.54) is 18.5 Å². The highest BCUT2D eigenvalue weighted by atomic mass is 15.3. The van der Waals surface area contributed by atoms with Gasteiger partial charge < -0.3 is 5.32 Å². The van der Waals surface area contributed by atoms with Crippen molar-refractivity contribution in [2.24, 2.45) is 0 Å². The fraction of sp³-hybridized carbons (Fsp3) is 0.500. The van der Waals surface area contributed by atoms with Gasteiger partial charge in [-0.15, -0.1) is 0 Å². The summed E-state index contributed by atoms with van der Waals surface area (Å²) in [6, 6.07) is 2.10. The van der Waals surface area contributed by atoms with Gasteiger partial charge >= 0.3 is 0 Å². The van der Waals surface area contributed by atoms with Crippen LogP contribution in [0.3, 0.4) is 0 Å². The number of nitrogens with one attached hydrogen (secondary N) is 1. The summed E-state index contributed by atoms with van der Waals surface area (Å²) in [6.45, 7) is 5.09. The first-order valence-electron chi connectivity index (χ1n) is 6.91. The monoisotopic (exact) mass is 257 g/mol. The molecule has 3 rings (SSSR count). The molecule has 0 unspecified atom stereocenters. The van der Waals surface area contributed by atoms with Gasteiger partial charge in [0.2, 0.25) is 0 Å². The van der Waals surface area contributed by atoms with Crippen molar-refractivity contribution in [3.05, 3.63) is 29.8 Å². The van der Waals surface area contributed by atoms with E-state index in [-0.39, 0.29) is 0 Å². The summed E-state index contributed by atoms with van der Waals surface area (Å²) in [4.78, 5) is 8.65. The fourth-order valence-electron chi connectivity index (χ4n) is 2.15. The fourth-order valence-corrected chi connectivity index (χ4v) is 2.15. The third-order valence-corrected chi connectivity index (χ3v) is 3.42. The molecule has 1 aliphatic carbocycles. The molecule has 1 saturated carbocycles. The van der Waals surface area contributed by atoms with Gasteiger partial charge in [-0.05, 0) is 32.3 Å². The normalized spacial score (nSPS) is 14.6. The van der Waals surface area contributed by atoms with E-state index in [0.29, 0.717) is 5.92 Å². The van der Waals surface area contributed by atoms with Crippen LogP contribution in [0.4, 0.5) is 5.82 Å². The minimum atomic E-state index is 0.668. The van der Waals surface area contributed by atoms with Crippen molar-refractivity contribution in [1.29, 1.82) is 0 Å². The lowest BCUT2D eigenvalue weighted by Crippen LogP contribution is -2.09. The molecule has 0 bridgehead atoms. The Balaban J connectivity index is 1.89. The predicted molar refractivity (Wildman–Crippen MR) is 74.6 cm³/mol. The Bertz CT molecular complexity index is 571. The highest BCUT2D eigenvalue weighted by molar-refractivity contribution is 5.50. The van der Waals surface area contributed by atoms with Gasteiger partial charge in [0.05, 0.1) is 5.69 Å². The zero-order valence-corrected chi connectivity index (χ0v) is 11.4. The first-order valence-corrected chi connectivity index (χ1v) is 6.91. The van der Waals surface area contributed by atoms with Crippen molar-refractivity contribution in [3.63, 3.8) is 0 Å². The van der Waals surface area contributed by atoms with Crippen molar-refractivity contribution >= 4 is 5.82 Å². The van der Waals surface area contributed by atoms with Gasteiger partial charge in [0.15, 0.2) is 5.82 Å². The number of hydrogen-bond donors (Lipinski definition) is 1. The summed E-state index contributed by atoms with van der Waals surface area (Å²) in [5.41, 5.74) is 2.22. The SMILES string of the molecule is CCCNc1ncnc(-n2ccc(C3CC3)n2)c1C. The van der Waals surface area contributed by atoms with Crippen LogP contribution in [0.2, 0.25) is 0 Å². The van der Waals surface area contributed by atoms with Gasteiger partial charge in [0, 0.05) is 24.2 Å². The number of hydrogen-bond acceptors (Lipinski definition) is 4. The second-order valence-electron chi connectivity index (χ2n) is 5.06. The van der Waals surface area contributed by atoms with Gasteiger partial charge in [-0.3, -0.25) is 0 Å². The molecule has 100 valence electrons. The van der Waals surface area contributed by atoms with E-state index in [0.717, 1.165) is 30.2 Å². The molecular weight excluding hydrogens is 238 g/mol. The molecule has 0 radical (unpaired) electrons. The van der Waals surface area contributed by atoms with Crippen molar-refractivity contribution in [3.8, 4) is 5.82 Å². The van der Waals surface area contributed by atoms with E-state index in [9.17, 15) is 0 Å². The first kappa shape index (κ1) is 12.1. The maximum Gasteiger partial charge on any atom is 0.161 e. The van der Waals surface area contributed by atoms with E-state index in [1.54, 1.807) is 6.33 Å². The highest BCUT2D eigenvalue weighted by Crippen LogP contribution is 2.39. The number of aromatic nitrogens is 4. The van der Waals surface area contributed by atoms with E-state index in [2.05, 4.69) is 33.4 Å². The van der Waals surface area contributed by atoms with Gasteiger partial charge in [0.25, 0.3) is 0 Å². The highest BCUT2D eigenvalue weighted by Gasteiger charge is 2.26. The van der Waals surface area contributed by atoms with E-state index in [1.807, 2.05) is 17.8 Å². The minimum Gasteiger partial charge on any atom is -0.370 e. The minimum absolute atomic E-state index is 0.668. The first-order chi connectivity index (χ1) is 9.29. The van der Waals surface area contributed by atoms with E-state index < -0.39 is 0 Å². The van der Waals surface area contributed by atoms with Crippen LogP contribution in [-0.2, 0) is 0 Å². The number of nitrogens with zero attached hydrogens (tertiary/aromatic N) is 4. The van der Waals surface area contributed by atoms with Crippen LogP contribution in [0.5, 0.6) is 0 Å². The van der Waals surface area contributed by atoms with Crippen LogP contribution in [0.25, 0.3) is 5.82 Å². The van der Waals surface area contributed by atoms with Crippen molar-refractivity contribution in [2.75, 3.05) is 11.9 Å². The molecule has 0 amide bonds. The summed E-state index contributed by atoms with van der Waals surface area (Å²) < 4.78 is 1.86. The Kier molecular flexibility index (Phi) is 3.19. The molecule has 5 heteroatoms. The summed E-state index contributed by atoms with van der Waals surface area (Å²) in [5, 5.41) is 7.95. The summed E-state index contributed by atoms with van der Waals surface area (Å²) >= 11 is 0. The Hall–Kier alpha value is -1.91. The molecule has 1 aliphatic rings. The molecule has 0 spiro atoms. The average Bonchev–Trinajstić information content (AvgIpc) is 3.16. The molecule has 2 heterocycles. The van der Waals surface area contributed by atoms with Crippen LogP contribution in [-0.4, -0.2) is 26.3 Å². The summed E-state index contributed by atoms with van der Waals surface area (Å²) in [6.07, 6.45) is 7.20. The Morgan fingerprint density at radius 1 is 1.37 bits per heavy atom. The van der Waals surface area contributed by atoms with Gasteiger partial charge in [-0.25, -0.2) is 14.6 Å². The molecule has 0 aliphatic heterocycles. The summed E-state index contributed by atoms with van der Waals surface area (Å²) in [7, 11) is 0. The van der Waals surface area contributed by atoms with Crippen LogP contribution in [0.15, 0.2) is 18.6 Å². The van der Waals surface area contributed by atoms with Crippen molar-refractivity contribution < 1.29 is 0 Å². The van der Waals surface area contributed by atoms with Crippen LogP contribution >= 0.6 is 0 Å². The molecule has 0 atom stereocenters. The lowest BCUT2D eigenvalue weighted by Gasteiger charge is -2.10. The van der Waals surface area contributed by atoms with Crippen LogP contribution in [0.1, 0.15) is 43.4 Å². The zero-order valence-electron chi connectivity index (χ0n) is 11.4. The van der Waals surface area contributed by atoms with Gasteiger partial charge in [0.1, 0.15) is 12.1 Å². The number of anilines is 1. The lowest BCUT2D eigenvalue weighted by atomic mass is 10.3. The smallest absolute Gasteiger partial charge is 0.161 e. The van der Waals surface area contributed by atoms with E-state index in [4.69, 9.17) is 0 Å². The number of rotatable bonds is 5. The third kappa shape index (κ3) is 2.45. The topological polar surface area (TPSA) is 55.6 Å². The Morgan fingerprint density at radius 3 is 2.95 bits per heavy atom. The molecule has 1 N–H and O–H groups in total. The maximum atomic E-state index is 4.62. The molecule has 1 fully saturated rings. The van der Waals surface area contributed by atoms with Gasteiger partial charge in [-0.1, -0.05) is 6.92 Å². The summed E-state index contributed by atoms with van der Waals surface area (Å²) in [5.74, 6) is 2.43. The second-order valence-corrected chi connectivity index (χ2v) is 5.06. The van der Waals surface area contributed by atoms with E-state index >= 15 is 0 Å². The zero-order chi connectivity index (χ0) is 13.2. The predicted octanol–water partition coefficient (Wildman–Crippen LogP) is 2.67. The van der Waals surface area contributed by atoms with Crippen molar-refractivity contribution in [2.45, 2.75) is 39.0 Å². The van der Waals surface area contributed by atoms with Gasteiger partial charge in [-0.2, -0.15) is 5.10 Å². The third-order valence-electron chi connectivity index (χ3n) is 3.42. The molecule has 2 aromatic heterocycles. The molecule has 19 heavy (non-hydrogen) atoms. The quantitative estimate of drug-likeness (QED) is 0.894. The molecule has 0 saturated heterocycles. The maximum absolute atomic E-state index is 4.62. The Labute approximate surface area is 113 Å². The van der Waals surface area contributed by atoms with Crippen LogP contribution in [0, 0.1) is 6.92 Å². The second kappa shape index (κ2) is 4.99. The standard InChI is InChI=1S/C14H19N5/c1-3-7-15-13-10(2)14(17-9-16-13)19-8-6-12(18-19)11-4-5-11/h6,8-9,11H,3-5,7H2,1-2H3,(H,15,16,17).